The van der Waals surface area contributed by atoms with Crippen molar-refractivity contribution in [3.05, 3.63) is 23.8 Å². The molecule has 1 fully saturated rings. The van der Waals surface area contributed by atoms with E-state index in [1.807, 2.05) is 12.1 Å². The zero-order chi connectivity index (χ0) is 10.4. The van der Waals surface area contributed by atoms with Gasteiger partial charge in [-0.3, -0.25) is 0 Å². The fourth-order valence-electron chi connectivity index (χ4n) is 2.86. The number of benzene rings is 1. The van der Waals surface area contributed by atoms with Crippen LogP contribution >= 0.6 is 0 Å². The molecule has 1 aromatic carbocycles. The highest BCUT2D eigenvalue weighted by Crippen LogP contribution is 2.38. The van der Waals surface area contributed by atoms with Crippen LogP contribution in [0.4, 0.5) is 5.69 Å². The van der Waals surface area contributed by atoms with Gasteiger partial charge in [-0.05, 0) is 30.9 Å². The summed E-state index contributed by atoms with van der Waals surface area (Å²) in [7, 11) is 0. The first kappa shape index (κ1) is 9.04. The summed E-state index contributed by atoms with van der Waals surface area (Å²) in [6.45, 7) is 1.08. The van der Waals surface area contributed by atoms with Crippen molar-refractivity contribution in [2.75, 3.05) is 11.4 Å². The number of nitrogens with zero attached hydrogens (tertiary/aromatic N) is 1. The minimum Gasteiger partial charge on any atom is -0.508 e. The van der Waals surface area contributed by atoms with Crippen molar-refractivity contribution >= 4 is 5.69 Å². The van der Waals surface area contributed by atoms with Crippen LogP contribution in [-0.2, 0) is 6.42 Å². The Morgan fingerprint density at radius 1 is 1.40 bits per heavy atom. The number of phenols is 1. The van der Waals surface area contributed by atoms with Crippen molar-refractivity contribution < 1.29 is 5.11 Å². The summed E-state index contributed by atoms with van der Waals surface area (Å²) < 4.78 is 0. The van der Waals surface area contributed by atoms with Crippen molar-refractivity contribution in [3.8, 4) is 5.75 Å². The molecule has 3 heteroatoms. The summed E-state index contributed by atoms with van der Waals surface area (Å²) in [5.74, 6) is 0.355. The van der Waals surface area contributed by atoms with Gasteiger partial charge < -0.3 is 15.7 Å². The molecule has 1 saturated heterocycles. The van der Waals surface area contributed by atoms with Crippen LogP contribution in [0.2, 0.25) is 0 Å². The fraction of sp³-hybridized carbons (Fsp3) is 0.500. The van der Waals surface area contributed by atoms with Crippen molar-refractivity contribution in [1.82, 2.24) is 0 Å². The van der Waals surface area contributed by atoms with Gasteiger partial charge in [0.2, 0.25) is 0 Å². The average Bonchev–Trinajstić information content (AvgIpc) is 2.58. The molecule has 15 heavy (non-hydrogen) atoms. The molecule has 0 saturated carbocycles. The largest absolute Gasteiger partial charge is 0.508 e. The van der Waals surface area contributed by atoms with Gasteiger partial charge in [-0.2, -0.15) is 0 Å². The maximum Gasteiger partial charge on any atom is 0.117 e. The van der Waals surface area contributed by atoms with E-state index in [9.17, 15) is 5.11 Å². The van der Waals surface area contributed by atoms with Gasteiger partial charge in [0.05, 0.1) is 0 Å². The molecule has 0 bridgehead atoms. The minimum absolute atomic E-state index is 0.285. The number of nitrogens with two attached hydrogens (primary N) is 1. The summed E-state index contributed by atoms with van der Waals surface area (Å²) in [6, 6.07) is 6.40. The first-order valence-electron chi connectivity index (χ1n) is 5.60. The predicted molar refractivity (Wildman–Crippen MR) is 60.2 cm³/mol. The van der Waals surface area contributed by atoms with E-state index < -0.39 is 0 Å². The molecule has 3 rings (SSSR count). The van der Waals surface area contributed by atoms with Crippen LogP contribution in [0.3, 0.4) is 0 Å². The number of hydrogen-bond acceptors (Lipinski definition) is 3. The number of aromatic hydroxyl groups is 1. The van der Waals surface area contributed by atoms with E-state index in [-0.39, 0.29) is 6.04 Å². The quantitative estimate of drug-likeness (QED) is 0.668. The second-order valence-corrected chi connectivity index (χ2v) is 4.58. The molecule has 2 aliphatic heterocycles. The van der Waals surface area contributed by atoms with Crippen LogP contribution < -0.4 is 10.6 Å². The number of anilines is 1. The van der Waals surface area contributed by atoms with Crippen molar-refractivity contribution in [3.63, 3.8) is 0 Å². The lowest BCUT2D eigenvalue weighted by Crippen LogP contribution is -2.50. The molecule has 3 N–H and O–H groups in total. The maximum atomic E-state index is 9.49. The highest BCUT2D eigenvalue weighted by atomic mass is 16.3. The third-order valence-corrected chi connectivity index (χ3v) is 3.64. The average molecular weight is 204 g/mol. The highest BCUT2D eigenvalue weighted by Gasteiger charge is 2.35. The van der Waals surface area contributed by atoms with Gasteiger partial charge in [-0.25, -0.2) is 0 Å². The van der Waals surface area contributed by atoms with Gasteiger partial charge in [0, 0.05) is 30.4 Å². The Morgan fingerprint density at radius 2 is 2.27 bits per heavy atom. The van der Waals surface area contributed by atoms with Crippen LogP contribution in [-0.4, -0.2) is 23.7 Å². The molecule has 2 heterocycles. The molecular formula is C12H16N2O. The van der Waals surface area contributed by atoms with Gasteiger partial charge in [0.1, 0.15) is 5.75 Å². The van der Waals surface area contributed by atoms with Gasteiger partial charge >= 0.3 is 0 Å². The van der Waals surface area contributed by atoms with Gasteiger partial charge in [-0.1, -0.05) is 6.07 Å². The standard InChI is InChI=1S/C12H16N2O/c13-10-2-1-5-14-11-7-9(15)4-3-8(11)6-12(10)14/h3-4,7,10,12,15H,1-2,5-6,13H2. The van der Waals surface area contributed by atoms with Crippen LogP contribution in [0.15, 0.2) is 18.2 Å². The van der Waals surface area contributed by atoms with Crippen LogP contribution in [0.25, 0.3) is 0 Å². The molecule has 0 amide bonds. The molecule has 2 unspecified atom stereocenters. The maximum absolute atomic E-state index is 9.49. The highest BCUT2D eigenvalue weighted by molar-refractivity contribution is 5.62. The Labute approximate surface area is 89.5 Å². The Morgan fingerprint density at radius 3 is 3.13 bits per heavy atom. The Bertz CT molecular complexity index is 391. The van der Waals surface area contributed by atoms with Crippen molar-refractivity contribution in [2.45, 2.75) is 31.3 Å². The molecule has 0 aromatic heterocycles. The number of piperidine rings is 1. The molecule has 0 spiro atoms. The molecule has 0 radical (unpaired) electrons. The van der Waals surface area contributed by atoms with Crippen LogP contribution in [0.1, 0.15) is 18.4 Å². The summed E-state index contributed by atoms with van der Waals surface area (Å²) in [6.07, 6.45) is 3.32. The van der Waals surface area contributed by atoms with Crippen LogP contribution in [0, 0.1) is 0 Å². The number of fused-ring (bicyclic) bond motifs is 3. The second-order valence-electron chi connectivity index (χ2n) is 4.58. The van der Waals surface area contributed by atoms with Gasteiger partial charge in [0.15, 0.2) is 0 Å². The number of rotatable bonds is 0. The van der Waals surface area contributed by atoms with Crippen molar-refractivity contribution in [1.29, 1.82) is 0 Å². The second kappa shape index (κ2) is 3.14. The number of hydrogen-bond donors (Lipinski definition) is 2. The Hall–Kier alpha value is -1.22. The first-order chi connectivity index (χ1) is 7.25. The number of phenolic OH excluding ortho intramolecular Hbond substituents is 1. The predicted octanol–water partition coefficient (Wildman–Crippen LogP) is 1.24. The van der Waals surface area contributed by atoms with E-state index in [1.165, 1.54) is 11.3 Å². The first-order valence-corrected chi connectivity index (χ1v) is 5.60. The summed E-state index contributed by atoms with van der Waals surface area (Å²) in [5.41, 5.74) is 8.65. The smallest absolute Gasteiger partial charge is 0.117 e. The molecule has 80 valence electrons. The van der Waals surface area contributed by atoms with E-state index >= 15 is 0 Å². The van der Waals surface area contributed by atoms with E-state index in [4.69, 9.17) is 5.73 Å². The monoisotopic (exact) mass is 204 g/mol. The lowest BCUT2D eigenvalue weighted by Gasteiger charge is -2.36. The minimum atomic E-state index is 0.285. The van der Waals surface area contributed by atoms with Crippen molar-refractivity contribution in [2.24, 2.45) is 5.73 Å². The summed E-state index contributed by atoms with van der Waals surface area (Å²) in [4.78, 5) is 2.36. The fourth-order valence-corrected chi connectivity index (χ4v) is 2.86. The molecule has 2 aliphatic rings. The molecular weight excluding hydrogens is 188 g/mol. The molecule has 2 atom stereocenters. The molecule has 0 aliphatic carbocycles. The topological polar surface area (TPSA) is 49.5 Å². The summed E-state index contributed by atoms with van der Waals surface area (Å²) in [5, 5.41) is 9.49. The lowest BCUT2D eigenvalue weighted by atomic mass is 9.96. The zero-order valence-corrected chi connectivity index (χ0v) is 8.69. The van der Waals surface area contributed by atoms with E-state index in [0.29, 0.717) is 11.8 Å². The Balaban J connectivity index is 2.01. The normalized spacial score (nSPS) is 28.7. The van der Waals surface area contributed by atoms with Crippen LogP contribution in [0.5, 0.6) is 5.75 Å². The van der Waals surface area contributed by atoms with Gasteiger partial charge in [-0.15, -0.1) is 0 Å². The third kappa shape index (κ3) is 1.30. The van der Waals surface area contributed by atoms with Gasteiger partial charge in [0.25, 0.3) is 0 Å². The SMILES string of the molecule is NC1CCCN2c3cc(O)ccc3CC12. The molecule has 1 aromatic rings. The zero-order valence-electron chi connectivity index (χ0n) is 8.69. The van der Waals surface area contributed by atoms with E-state index in [0.717, 1.165) is 25.8 Å². The summed E-state index contributed by atoms with van der Waals surface area (Å²) >= 11 is 0. The molecule has 3 nitrogen and oxygen atoms in total. The lowest BCUT2D eigenvalue weighted by molar-refractivity contribution is 0.414. The Kier molecular flexibility index (Phi) is 1.89. The van der Waals surface area contributed by atoms with E-state index in [1.54, 1.807) is 6.07 Å². The third-order valence-electron chi connectivity index (χ3n) is 3.64. The van der Waals surface area contributed by atoms with E-state index in [2.05, 4.69) is 4.90 Å².